The van der Waals surface area contributed by atoms with Crippen LogP contribution in [0.2, 0.25) is 0 Å². The molecule has 0 radical (unpaired) electrons. The summed E-state index contributed by atoms with van der Waals surface area (Å²) in [5.41, 5.74) is 11.8. The zero-order chi connectivity index (χ0) is 33.0. The summed E-state index contributed by atoms with van der Waals surface area (Å²) in [5.74, 6) is 0.292. The molecule has 0 amide bonds. The van der Waals surface area contributed by atoms with Gasteiger partial charge in [0, 0.05) is 29.2 Å². The smallest absolute Gasteiger partial charge is 0.128 e. The summed E-state index contributed by atoms with van der Waals surface area (Å²) in [6, 6.07) is 51.7. The molecule has 0 aliphatic heterocycles. The molecule has 0 atom stereocenters. The molecule has 234 valence electrons. The van der Waals surface area contributed by atoms with E-state index < -0.39 is 0 Å². The average Bonchev–Trinajstić information content (AvgIpc) is 3.07. The monoisotopic (exact) mass is 613 g/mol. The van der Waals surface area contributed by atoms with Gasteiger partial charge in [0.15, 0.2) is 0 Å². The number of benzene rings is 6. The molecular weight excluding hydrogens is 571 g/mol. The molecular formula is C45H43NO. The van der Waals surface area contributed by atoms with Gasteiger partial charge in [-0.05, 0) is 69.8 Å². The van der Waals surface area contributed by atoms with E-state index in [0.717, 1.165) is 33.5 Å². The average molecular weight is 614 g/mol. The molecule has 2 heteroatoms. The summed E-state index contributed by atoms with van der Waals surface area (Å²) in [7, 11) is 0. The molecule has 0 unspecified atom stereocenters. The number of rotatable bonds is 8. The molecule has 0 aliphatic carbocycles. The maximum absolute atomic E-state index is 11.4. The van der Waals surface area contributed by atoms with Gasteiger partial charge < -0.3 is 5.11 Å². The summed E-state index contributed by atoms with van der Waals surface area (Å²) >= 11 is 0. The van der Waals surface area contributed by atoms with Crippen molar-refractivity contribution in [1.82, 2.24) is 0 Å². The van der Waals surface area contributed by atoms with Crippen LogP contribution in [-0.4, -0.2) is 11.3 Å². The van der Waals surface area contributed by atoms with Crippen LogP contribution in [0.5, 0.6) is 5.75 Å². The zero-order valence-electron chi connectivity index (χ0n) is 28.0. The van der Waals surface area contributed by atoms with Gasteiger partial charge in [-0.3, -0.25) is 4.99 Å². The Labute approximate surface area is 280 Å². The number of aryl methyl sites for hydroxylation is 2. The van der Waals surface area contributed by atoms with Crippen LogP contribution < -0.4 is 0 Å². The van der Waals surface area contributed by atoms with Crippen molar-refractivity contribution in [2.45, 2.75) is 51.9 Å². The minimum Gasteiger partial charge on any atom is -0.507 e. The standard InChI is InChI=1S/C45H43NO/c1-31-26-38(44(47)40(27-31)45(3,4)5)30-46-43-32(2)28-37(41(33-18-10-6-11-19-33)34-20-12-7-13-21-34)29-39(43)42(35-22-14-8-15-23-35)36-24-16-9-17-25-36/h6-30,41-42,47H,1-5H3. The van der Waals surface area contributed by atoms with Gasteiger partial charge in [-0.25, -0.2) is 0 Å². The van der Waals surface area contributed by atoms with Gasteiger partial charge >= 0.3 is 0 Å². The lowest BCUT2D eigenvalue weighted by Gasteiger charge is -2.26. The third kappa shape index (κ3) is 6.98. The van der Waals surface area contributed by atoms with Crippen LogP contribution in [0.1, 0.15) is 88.2 Å². The molecule has 1 N–H and O–H groups in total. The third-order valence-electron chi connectivity index (χ3n) is 8.95. The Morgan fingerprint density at radius 3 is 1.45 bits per heavy atom. The molecule has 6 rings (SSSR count). The maximum atomic E-state index is 11.4. The van der Waals surface area contributed by atoms with E-state index in [-0.39, 0.29) is 17.3 Å². The second-order valence-electron chi connectivity index (χ2n) is 13.5. The number of phenolic OH excluding ortho intramolecular Hbond substituents is 1. The van der Waals surface area contributed by atoms with E-state index in [0.29, 0.717) is 5.75 Å². The van der Waals surface area contributed by atoms with Crippen LogP contribution in [0.25, 0.3) is 0 Å². The van der Waals surface area contributed by atoms with Gasteiger partial charge in [0.25, 0.3) is 0 Å². The second-order valence-corrected chi connectivity index (χ2v) is 13.5. The lowest BCUT2D eigenvalue weighted by atomic mass is 9.79. The number of hydrogen-bond acceptors (Lipinski definition) is 2. The molecule has 6 aromatic carbocycles. The molecule has 0 aromatic heterocycles. The van der Waals surface area contributed by atoms with Crippen LogP contribution in [0.3, 0.4) is 0 Å². The molecule has 2 nitrogen and oxygen atoms in total. The van der Waals surface area contributed by atoms with E-state index >= 15 is 0 Å². The zero-order valence-corrected chi connectivity index (χ0v) is 28.0. The lowest BCUT2D eigenvalue weighted by Crippen LogP contribution is -2.12. The predicted molar refractivity (Wildman–Crippen MR) is 198 cm³/mol. The highest BCUT2D eigenvalue weighted by atomic mass is 16.3. The molecule has 0 saturated carbocycles. The molecule has 0 saturated heterocycles. The minimum atomic E-state index is -0.197. The van der Waals surface area contributed by atoms with E-state index in [9.17, 15) is 5.11 Å². The molecule has 0 spiro atoms. The Morgan fingerprint density at radius 2 is 1.00 bits per heavy atom. The van der Waals surface area contributed by atoms with Gasteiger partial charge in [-0.15, -0.1) is 0 Å². The lowest BCUT2D eigenvalue weighted by molar-refractivity contribution is 0.445. The van der Waals surface area contributed by atoms with Crippen molar-refractivity contribution < 1.29 is 5.11 Å². The Morgan fingerprint density at radius 1 is 0.553 bits per heavy atom. The highest BCUT2D eigenvalue weighted by molar-refractivity contribution is 5.87. The first-order valence-corrected chi connectivity index (χ1v) is 16.4. The Kier molecular flexibility index (Phi) is 9.22. The van der Waals surface area contributed by atoms with Crippen LogP contribution in [-0.2, 0) is 5.41 Å². The molecule has 47 heavy (non-hydrogen) atoms. The van der Waals surface area contributed by atoms with Crippen molar-refractivity contribution in [2.75, 3.05) is 0 Å². The molecule has 0 heterocycles. The van der Waals surface area contributed by atoms with E-state index in [1.807, 2.05) is 12.3 Å². The van der Waals surface area contributed by atoms with E-state index in [4.69, 9.17) is 4.99 Å². The highest BCUT2D eigenvalue weighted by Crippen LogP contribution is 2.43. The van der Waals surface area contributed by atoms with E-state index in [1.165, 1.54) is 27.8 Å². The number of hydrogen-bond donors (Lipinski definition) is 1. The van der Waals surface area contributed by atoms with Crippen LogP contribution in [0.4, 0.5) is 5.69 Å². The first-order chi connectivity index (χ1) is 22.7. The highest BCUT2D eigenvalue weighted by Gasteiger charge is 2.26. The Hall–Kier alpha value is -5.21. The molecule has 0 bridgehead atoms. The topological polar surface area (TPSA) is 32.6 Å². The summed E-state index contributed by atoms with van der Waals surface area (Å²) < 4.78 is 0. The number of nitrogens with zero attached hydrogens (tertiary/aromatic N) is 1. The van der Waals surface area contributed by atoms with Gasteiger partial charge in [-0.1, -0.05) is 160 Å². The van der Waals surface area contributed by atoms with Crippen molar-refractivity contribution in [1.29, 1.82) is 0 Å². The predicted octanol–water partition coefficient (Wildman–Crippen LogP) is 11.4. The molecule has 0 aliphatic rings. The van der Waals surface area contributed by atoms with Crippen LogP contribution in [0, 0.1) is 13.8 Å². The maximum Gasteiger partial charge on any atom is 0.128 e. The van der Waals surface area contributed by atoms with Gasteiger partial charge in [0.1, 0.15) is 5.75 Å². The first-order valence-electron chi connectivity index (χ1n) is 16.4. The molecule has 0 fully saturated rings. The number of aromatic hydroxyl groups is 1. The van der Waals surface area contributed by atoms with Crippen LogP contribution >= 0.6 is 0 Å². The summed E-state index contributed by atoms with van der Waals surface area (Å²) in [6.45, 7) is 10.6. The van der Waals surface area contributed by atoms with Crippen molar-refractivity contribution in [3.8, 4) is 5.75 Å². The normalized spacial score (nSPS) is 11.9. The number of aliphatic imine (C=N–C) groups is 1. The fourth-order valence-corrected chi connectivity index (χ4v) is 6.72. The fraction of sp³-hybridized carbons (Fsp3) is 0.178. The van der Waals surface area contributed by atoms with Crippen molar-refractivity contribution in [3.63, 3.8) is 0 Å². The van der Waals surface area contributed by atoms with E-state index in [2.05, 4.69) is 174 Å². The Balaban J connectivity index is 1.61. The third-order valence-corrected chi connectivity index (χ3v) is 8.95. The largest absolute Gasteiger partial charge is 0.507 e. The quantitative estimate of drug-likeness (QED) is 0.134. The molecule has 6 aromatic rings. The second kappa shape index (κ2) is 13.6. The van der Waals surface area contributed by atoms with Gasteiger partial charge in [0.05, 0.1) is 5.69 Å². The minimum absolute atomic E-state index is 0.0494. The van der Waals surface area contributed by atoms with Gasteiger partial charge in [0.2, 0.25) is 0 Å². The van der Waals surface area contributed by atoms with E-state index in [1.54, 1.807) is 0 Å². The fourth-order valence-electron chi connectivity index (χ4n) is 6.72. The SMILES string of the molecule is Cc1cc(C=Nc2c(C)cc(C(c3ccccc3)c3ccccc3)cc2C(c2ccccc2)c2ccccc2)c(O)c(C(C)(C)C)c1. The van der Waals surface area contributed by atoms with Crippen molar-refractivity contribution in [2.24, 2.45) is 4.99 Å². The first kappa shape index (κ1) is 31.8. The van der Waals surface area contributed by atoms with Crippen molar-refractivity contribution >= 4 is 11.9 Å². The summed E-state index contributed by atoms with van der Waals surface area (Å²) in [5, 5.41) is 11.4. The Bertz CT molecular complexity index is 1890. The van der Waals surface area contributed by atoms with Crippen LogP contribution in [0.15, 0.2) is 151 Å². The van der Waals surface area contributed by atoms with Crippen molar-refractivity contribution in [3.05, 3.63) is 201 Å². The summed E-state index contributed by atoms with van der Waals surface area (Å²) in [4.78, 5) is 5.23. The summed E-state index contributed by atoms with van der Waals surface area (Å²) in [6.07, 6.45) is 1.85. The van der Waals surface area contributed by atoms with Gasteiger partial charge in [-0.2, -0.15) is 0 Å². The number of phenols is 1.